The van der Waals surface area contributed by atoms with Crippen molar-refractivity contribution in [3.63, 3.8) is 0 Å². The van der Waals surface area contributed by atoms with E-state index < -0.39 is 80.5 Å². The monoisotopic (exact) mass is 383 g/mol. The Morgan fingerprint density at radius 3 is 2.04 bits per heavy atom. The molecule has 0 bridgehead atoms. The second kappa shape index (κ2) is 8.84. The van der Waals surface area contributed by atoms with Crippen LogP contribution in [0.3, 0.4) is 0 Å². The van der Waals surface area contributed by atoms with Crippen molar-refractivity contribution in [2.75, 3.05) is 13.2 Å². The molecule has 2 fully saturated rings. The van der Waals surface area contributed by atoms with Crippen molar-refractivity contribution in [2.45, 2.75) is 68.3 Å². The Kier molecular flexibility index (Phi) is 7.27. The molecule has 0 spiro atoms. The minimum Gasteiger partial charge on any atom is -0.394 e. The van der Waals surface area contributed by atoms with Crippen LogP contribution in [0.2, 0.25) is 0 Å². The zero-order valence-corrected chi connectivity index (χ0v) is 14.0. The van der Waals surface area contributed by atoms with E-state index in [9.17, 15) is 40.5 Å². The first-order valence-electron chi connectivity index (χ1n) is 8.06. The van der Waals surface area contributed by atoms with Gasteiger partial charge in [0, 0.05) is 6.92 Å². The Hall–Kier alpha value is -0.930. The number of carbonyl (C=O) groups excluding carboxylic acids is 1. The number of amides is 1. The third-order valence-electron chi connectivity index (χ3n) is 4.38. The fourth-order valence-corrected chi connectivity index (χ4v) is 2.97. The largest absolute Gasteiger partial charge is 0.394 e. The van der Waals surface area contributed by atoms with Gasteiger partial charge in [0.1, 0.15) is 48.8 Å². The van der Waals surface area contributed by atoms with Gasteiger partial charge in [0.15, 0.2) is 12.6 Å². The molecule has 2 saturated heterocycles. The molecule has 0 aromatic rings. The number of carbonyl (C=O) groups is 1. The average Bonchev–Trinajstić information content (AvgIpc) is 2.60. The van der Waals surface area contributed by atoms with E-state index in [1.54, 1.807) is 0 Å². The summed E-state index contributed by atoms with van der Waals surface area (Å²) in [5.41, 5.74) is 0. The Labute approximate surface area is 148 Å². The molecule has 8 N–H and O–H groups in total. The van der Waals surface area contributed by atoms with Crippen LogP contribution in [0, 0.1) is 0 Å². The normalized spacial score (nSPS) is 46.8. The van der Waals surface area contributed by atoms with E-state index in [0.717, 1.165) is 6.92 Å². The quantitative estimate of drug-likeness (QED) is 0.226. The number of hydrogen-bond donors (Lipinski definition) is 8. The highest BCUT2D eigenvalue weighted by Gasteiger charge is 2.50. The molecule has 152 valence electrons. The molecule has 0 aromatic heterocycles. The molecule has 12 heteroatoms. The molecule has 26 heavy (non-hydrogen) atoms. The van der Waals surface area contributed by atoms with Crippen LogP contribution >= 0.6 is 0 Å². The van der Waals surface area contributed by atoms with Gasteiger partial charge >= 0.3 is 0 Å². The lowest BCUT2D eigenvalue weighted by Crippen LogP contribution is -2.67. The van der Waals surface area contributed by atoms with Gasteiger partial charge in [0.05, 0.1) is 13.2 Å². The van der Waals surface area contributed by atoms with Crippen molar-refractivity contribution in [3.8, 4) is 0 Å². The standard InChI is InChI=1S/C14H25NO11/c1-4(18)15-7-12(9(20)6(3-17)24-13(7)23)26-14-11(22)10(21)8(19)5(2-16)25-14/h5-14,16-17,19-23H,2-3H2,1H3,(H,15,18)/t5-,6-,7-,8-,9-,10+,11-,12-,13+,14+/m0/s1. The maximum absolute atomic E-state index is 11.4. The predicted octanol–water partition coefficient (Wildman–Crippen LogP) is -5.25. The summed E-state index contributed by atoms with van der Waals surface area (Å²) in [7, 11) is 0. The average molecular weight is 383 g/mol. The zero-order valence-electron chi connectivity index (χ0n) is 14.0. The summed E-state index contributed by atoms with van der Waals surface area (Å²) in [5, 5.41) is 70.7. The van der Waals surface area contributed by atoms with Gasteiger partial charge in [0.25, 0.3) is 0 Å². The first-order valence-corrected chi connectivity index (χ1v) is 8.06. The second-order valence-electron chi connectivity index (χ2n) is 6.26. The van der Waals surface area contributed by atoms with E-state index in [0.29, 0.717) is 0 Å². The van der Waals surface area contributed by atoms with Gasteiger partial charge in [0.2, 0.25) is 5.91 Å². The summed E-state index contributed by atoms with van der Waals surface area (Å²) in [6.45, 7) is -0.195. The summed E-state index contributed by atoms with van der Waals surface area (Å²) < 4.78 is 15.7. The van der Waals surface area contributed by atoms with Gasteiger partial charge in [-0.05, 0) is 0 Å². The summed E-state index contributed by atoms with van der Waals surface area (Å²) >= 11 is 0. The molecule has 1 amide bonds. The van der Waals surface area contributed by atoms with E-state index in [2.05, 4.69) is 5.32 Å². The summed E-state index contributed by atoms with van der Waals surface area (Å²) in [6, 6.07) is -1.28. The smallest absolute Gasteiger partial charge is 0.217 e. The topological polar surface area (TPSA) is 198 Å². The molecule has 2 heterocycles. The van der Waals surface area contributed by atoms with Crippen LogP contribution < -0.4 is 5.32 Å². The molecule has 0 unspecified atom stereocenters. The highest BCUT2D eigenvalue weighted by atomic mass is 16.7. The lowest BCUT2D eigenvalue weighted by Gasteiger charge is -2.46. The van der Waals surface area contributed by atoms with Crippen LogP contribution in [0.25, 0.3) is 0 Å². The van der Waals surface area contributed by atoms with Gasteiger partial charge in [-0.25, -0.2) is 0 Å². The second-order valence-corrected chi connectivity index (χ2v) is 6.26. The summed E-state index contributed by atoms with van der Waals surface area (Å²) in [5.74, 6) is -0.574. The number of aliphatic hydroxyl groups excluding tert-OH is 7. The molecule has 2 aliphatic heterocycles. The van der Waals surface area contributed by atoms with E-state index in [1.165, 1.54) is 0 Å². The molecule has 2 rings (SSSR count). The van der Waals surface area contributed by atoms with Crippen molar-refractivity contribution in [2.24, 2.45) is 0 Å². The third kappa shape index (κ3) is 4.31. The lowest BCUT2D eigenvalue weighted by atomic mass is 9.95. The molecule has 0 aromatic carbocycles. The zero-order chi connectivity index (χ0) is 19.6. The van der Waals surface area contributed by atoms with Gasteiger partial charge < -0.3 is 55.3 Å². The first kappa shape index (κ1) is 21.4. The SMILES string of the molecule is CC(=O)N[C@H]1[C@H](O[C@H]2O[C@@H](CO)[C@H](O)[C@@H](O)[C@@H]2O)[C@@H](O)[C@H](CO)O[C@H]1O. The van der Waals surface area contributed by atoms with Crippen molar-refractivity contribution in [3.05, 3.63) is 0 Å². The number of rotatable bonds is 5. The van der Waals surface area contributed by atoms with Gasteiger partial charge in [-0.15, -0.1) is 0 Å². The molecular formula is C14H25NO11. The Morgan fingerprint density at radius 2 is 1.50 bits per heavy atom. The molecule has 2 aliphatic rings. The summed E-state index contributed by atoms with van der Waals surface area (Å²) in [6.07, 6.45) is -13.7. The van der Waals surface area contributed by atoms with E-state index in [-0.39, 0.29) is 0 Å². The molecule has 0 radical (unpaired) electrons. The molecular weight excluding hydrogens is 358 g/mol. The van der Waals surface area contributed by atoms with Crippen LogP contribution in [0.5, 0.6) is 0 Å². The first-order chi connectivity index (χ1) is 12.2. The van der Waals surface area contributed by atoms with Crippen molar-refractivity contribution < 1.29 is 54.8 Å². The minimum atomic E-state index is -1.74. The van der Waals surface area contributed by atoms with Crippen molar-refractivity contribution in [1.82, 2.24) is 5.32 Å². The molecule has 12 nitrogen and oxygen atoms in total. The minimum absolute atomic E-state index is 0.574. The van der Waals surface area contributed by atoms with Crippen LogP contribution in [-0.4, -0.2) is 116 Å². The third-order valence-corrected chi connectivity index (χ3v) is 4.38. The van der Waals surface area contributed by atoms with Crippen LogP contribution in [0.1, 0.15) is 6.92 Å². The van der Waals surface area contributed by atoms with Crippen LogP contribution in [0.4, 0.5) is 0 Å². The summed E-state index contributed by atoms with van der Waals surface area (Å²) in [4.78, 5) is 11.4. The lowest BCUT2D eigenvalue weighted by molar-refractivity contribution is -0.341. The maximum Gasteiger partial charge on any atom is 0.217 e. The van der Waals surface area contributed by atoms with E-state index >= 15 is 0 Å². The fraction of sp³-hybridized carbons (Fsp3) is 0.929. The van der Waals surface area contributed by atoms with Crippen LogP contribution in [-0.2, 0) is 19.0 Å². The van der Waals surface area contributed by atoms with Crippen LogP contribution in [0.15, 0.2) is 0 Å². The predicted molar refractivity (Wildman–Crippen MR) is 80.2 cm³/mol. The van der Waals surface area contributed by atoms with Crippen molar-refractivity contribution >= 4 is 5.91 Å². The Balaban J connectivity index is 2.21. The maximum atomic E-state index is 11.4. The highest BCUT2D eigenvalue weighted by molar-refractivity contribution is 5.73. The van der Waals surface area contributed by atoms with E-state index in [4.69, 9.17) is 14.2 Å². The molecule has 0 saturated carbocycles. The molecule has 10 atom stereocenters. The van der Waals surface area contributed by atoms with E-state index in [1.807, 2.05) is 0 Å². The molecule has 0 aliphatic carbocycles. The van der Waals surface area contributed by atoms with Gasteiger partial charge in [-0.1, -0.05) is 0 Å². The van der Waals surface area contributed by atoms with Gasteiger partial charge in [-0.2, -0.15) is 0 Å². The van der Waals surface area contributed by atoms with Crippen molar-refractivity contribution in [1.29, 1.82) is 0 Å². The van der Waals surface area contributed by atoms with Gasteiger partial charge in [-0.3, -0.25) is 4.79 Å². The number of hydrogen-bond acceptors (Lipinski definition) is 11. The number of nitrogens with one attached hydrogen (secondary N) is 1. The Bertz CT molecular complexity index is 478. The fourth-order valence-electron chi connectivity index (χ4n) is 2.97. The number of ether oxygens (including phenoxy) is 3. The number of aliphatic hydroxyl groups is 7. The highest BCUT2D eigenvalue weighted by Crippen LogP contribution is 2.28. The Morgan fingerprint density at radius 1 is 0.923 bits per heavy atom.